The molecular formula is C26H15F2N3. The van der Waals surface area contributed by atoms with E-state index in [4.69, 9.17) is 10.5 Å². The van der Waals surface area contributed by atoms with E-state index < -0.39 is 11.6 Å². The Bertz CT molecular complexity index is 1220. The van der Waals surface area contributed by atoms with Crippen molar-refractivity contribution in [3.63, 3.8) is 0 Å². The van der Waals surface area contributed by atoms with Gasteiger partial charge in [0.15, 0.2) is 0 Å². The van der Waals surface area contributed by atoms with Crippen LogP contribution in [0.1, 0.15) is 11.1 Å². The van der Waals surface area contributed by atoms with Crippen molar-refractivity contribution in [2.24, 2.45) is 0 Å². The molecule has 4 rings (SSSR count). The van der Waals surface area contributed by atoms with Gasteiger partial charge in [-0.15, -0.1) is 0 Å². The van der Waals surface area contributed by atoms with Gasteiger partial charge in [0.25, 0.3) is 0 Å². The fourth-order valence-corrected chi connectivity index (χ4v) is 3.22. The molecule has 0 heterocycles. The fourth-order valence-electron chi connectivity index (χ4n) is 3.22. The monoisotopic (exact) mass is 407 g/mol. The number of halogens is 2. The van der Waals surface area contributed by atoms with Crippen molar-refractivity contribution in [2.45, 2.75) is 0 Å². The molecule has 0 aliphatic heterocycles. The second kappa shape index (κ2) is 8.49. The molecule has 0 fully saturated rings. The molecule has 0 saturated heterocycles. The lowest BCUT2D eigenvalue weighted by molar-refractivity contribution is 0.625. The Hall–Kier alpha value is -4.48. The third kappa shape index (κ3) is 4.27. The highest BCUT2D eigenvalue weighted by Crippen LogP contribution is 2.31. The van der Waals surface area contributed by atoms with Crippen LogP contribution in [0.25, 0.3) is 22.3 Å². The first-order valence-electron chi connectivity index (χ1n) is 9.44. The fraction of sp³-hybridized carbons (Fsp3) is 0. The molecule has 0 amide bonds. The Kier molecular flexibility index (Phi) is 5.43. The number of nitriles is 2. The van der Waals surface area contributed by atoms with Gasteiger partial charge in [0.05, 0.1) is 34.6 Å². The van der Waals surface area contributed by atoms with E-state index in [-0.39, 0.29) is 11.4 Å². The summed E-state index contributed by atoms with van der Waals surface area (Å²) in [5.41, 5.74) is 4.43. The predicted molar refractivity (Wildman–Crippen MR) is 116 cm³/mol. The minimum atomic E-state index is -0.513. The van der Waals surface area contributed by atoms with Crippen LogP contribution < -0.4 is 5.32 Å². The van der Waals surface area contributed by atoms with E-state index in [9.17, 15) is 8.78 Å². The van der Waals surface area contributed by atoms with Crippen molar-refractivity contribution in [1.29, 1.82) is 10.5 Å². The molecule has 0 atom stereocenters. The molecule has 0 radical (unpaired) electrons. The molecule has 3 nitrogen and oxygen atoms in total. The highest BCUT2D eigenvalue weighted by atomic mass is 19.1. The minimum absolute atomic E-state index is 0.137. The third-order valence-electron chi connectivity index (χ3n) is 4.90. The van der Waals surface area contributed by atoms with Gasteiger partial charge in [0.1, 0.15) is 11.6 Å². The number of hydrogen-bond donors (Lipinski definition) is 1. The smallest absolute Gasteiger partial charge is 0.146 e. The van der Waals surface area contributed by atoms with Crippen molar-refractivity contribution in [3.05, 3.63) is 108 Å². The van der Waals surface area contributed by atoms with E-state index >= 15 is 0 Å². The first-order chi connectivity index (χ1) is 15.1. The summed E-state index contributed by atoms with van der Waals surface area (Å²) in [5.74, 6) is -1.03. The first-order valence-corrected chi connectivity index (χ1v) is 9.44. The van der Waals surface area contributed by atoms with Gasteiger partial charge in [-0.25, -0.2) is 8.78 Å². The van der Waals surface area contributed by atoms with Crippen LogP contribution in [0.3, 0.4) is 0 Å². The second-order valence-corrected chi connectivity index (χ2v) is 6.89. The normalized spacial score (nSPS) is 10.2. The quantitative estimate of drug-likeness (QED) is 0.405. The van der Waals surface area contributed by atoms with E-state index in [0.29, 0.717) is 11.1 Å². The lowest BCUT2D eigenvalue weighted by atomic mass is 10.0. The second-order valence-electron chi connectivity index (χ2n) is 6.89. The Balaban J connectivity index is 1.67. The predicted octanol–water partition coefficient (Wildman–Crippen LogP) is 6.79. The van der Waals surface area contributed by atoms with Crippen LogP contribution in [-0.4, -0.2) is 0 Å². The molecule has 1 N–H and O–H groups in total. The molecule has 0 aromatic heterocycles. The van der Waals surface area contributed by atoms with Crippen LogP contribution in [0, 0.1) is 34.3 Å². The van der Waals surface area contributed by atoms with E-state index in [2.05, 4.69) is 17.5 Å². The summed E-state index contributed by atoms with van der Waals surface area (Å²) in [6, 6.07) is 27.1. The van der Waals surface area contributed by atoms with E-state index in [1.807, 2.05) is 0 Å². The van der Waals surface area contributed by atoms with Crippen molar-refractivity contribution in [3.8, 4) is 34.4 Å². The lowest BCUT2D eigenvalue weighted by Gasteiger charge is -2.12. The van der Waals surface area contributed by atoms with Crippen molar-refractivity contribution in [2.75, 3.05) is 5.32 Å². The maximum absolute atomic E-state index is 14.5. The van der Waals surface area contributed by atoms with E-state index in [1.54, 1.807) is 72.8 Å². The summed E-state index contributed by atoms with van der Waals surface area (Å²) in [4.78, 5) is 0. The van der Waals surface area contributed by atoms with Crippen LogP contribution in [0.2, 0.25) is 0 Å². The van der Waals surface area contributed by atoms with Gasteiger partial charge in [-0.3, -0.25) is 0 Å². The van der Waals surface area contributed by atoms with E-state index in [1.165, 1.54) is 12.1 Å². The Morgan fingerprint density at radius 2 is 0.871 bits per heavy atom. The molecule has 0 unspecified atom stereocenters. The summed E-state index contributed by atoms with van der Waals surface area (Å²) >= 11 is 0. The van der Waals surface area contributed by atoms with Gasteiger partial charge in [0.2, 0.25) is 0 Å². The zero-order valence-electron chi connectivity index (χ0n) is 16.2. The van der Waals surface area contributed by atoms with Gasteiger partial charge in [-0.1, -0.05) is 36.4 Å². The Morgan fingerprint density at radius 3 is 1.23 bits per heavy atom. The van der Waals surface area contributed by atoms with Crippen molar-refractivity contribution < 1.29 is 8.78 Å². The van der Waals surface area contributed by atoms with Crippen LogP contribution in [-0.2, 0) is 0 Å². The number of hydrogen-bond acceptors (Lipinski definition) is 3. The summed E-state index contributed by atoms with van der Waals surface area (Å²) in [7, 11) is 0. The molecule has 4 aromatic carbocycles. The van der Waals surface area contributed by atoms with Crippen molar-refractivity contribution >= 4 is 11.4 Å². The molecule has 0 bridgehead atoms. The standard InChI is InChI=1S/C26H15F2N3/c27-23-11-9-21(19-5-1-17(15-29)2-6-19)13-25(23)31-26-14-22(10-12-24(26)28)20-7-3-18(16-30)4-8-20/h1-14,31H. The molecule has 4 aromatic rings. The maximum atomic E-state index is 14.5. The SMILES string of the molecule is N#Cc1ccc(-c2ccc(F)c(Nc3cc(-c4ccc(C#N)cc4)ccc3F)c2)cc1. The molecule has 0 spiro atoms. The molecular weight excluding hydrogens is 392 g/mol. The highest BCUT2D eigenvalue weighted by molar-refractivity contribution is 5.75. The van der Waals surface area contributed by atoms with Crippen LogP contribution >= 0.6 is 0 Å². The van der Waals surface area contributed by atoms with Crippen LogP contribution in [0.15, 0.2) is 84.9 Å². The van der Waals surface area contributed by atoms with Crippen molar-refractivity contribution in [1.82, 2.24) is 0 Å². The maximum Gasteiger partial charge on any atom is 0.146 e. The number of nitrogens with one attached hydrogen (secondary N) is 1. The number of benzene rings is 4. The molecule has 0 aliphatic rings. The average molecular weight is 407 g/mol. The van der Waals surface area contributed by atoms with Gasteiger partial charge in [-0.2, -0.15) is 10.5 Å². The lowest BCUT2D eigenvalue weighted by Crippen LogP contribution is -1.98. The van der Waals surface area contributed by atoms with Gasteiger partial charge >= 0.3 is 0 Å². The number of anilines is 2. The van der Waals surface area contributed by atoms with Gasteiger partial charge in [-0.05, 0) is 70.8 Å². The average Bonchev–Trinajstić information content (AvgIpc) is 2.82. The minimum Gasteiger partial charge on any atom is -0.351 e. The summed E-state index contributed by atoms with van der Waals surface area (Å²) in [6.45, 7) is 0. The molecule has 148 valence electrons. The Labute approximate surface area is 178 Å². The largest absolute Gasteiger partial charge is 0.351 e. The van der Waals surface area contributed by atoms with E-state index in [0.717, 1.165) is 22.3 Å². The molecule has 5 heteroatoms. The van der Waals surface area contributed by atoms with Gasteiger partial charge < -0.3 is 5.32 Å². The molecule has 0 aliphatic carbocycles. The Morgan fingerprint density at radius 1 is 0.516 bits per heavy atom. The molecule has 31 heavy (non-hydrogen) atoms. The number of nitrogens with zero attached hydrogens (tertiary/aromatic N) is 2. The molecule has 0 saturated carbocycles. The summed E-state index contributed by atoms with van der Waals surface area (Å²) in [5, 5.41) is 20.7. The highest BCUT2D eigenvalue weighted by Gasteiger charge is 2.10. The summed E-state index contributed by atoms with van der Waals surface area (Å²) in [6.07, 6.45) is 0. The third-order valence-corrected chi connectivity index (χ3v) is 4.90. The summed E-state index contributed by atoms with van der Waals surface area (Å²) < 4.78 is 28.9. The number of rotatable bonds is 4. The first kappa shape index (κ1) is 19.8. The topological polar surface area (TPSA) is 59.6 Å². The van der Waals surface area contributed by atoms with Crippen LogP contribution in [0.5, 0.6) is 0 Å². The van der Waals surface area contributed by atoms with Crippen LogP contribution in [0.4, 0.5) is 20.2 Å². The zero-order chi connectivity index (χ0) is 21.8. The van der Waals surface area contributed by atoms with Gasteiger partial charge in [0, 0.05) is 0 Å². The zero-order valence-corrected chi connectivity index (χ0v) is 16.2.